The lowest BCUT2D eigenvalue weighted by Gasteiger charge is -2.14. The Hall–Kier alpha value is -1.16. The van der Waals surface area contributed by atoms with Gasteiger partial charge in [0.1, 0.15) is 0 Å². The molecule has 0 aromatic carbocycles. The lowest BCUT2D eigenvalue weighted by atomic mass is 10.1. The minimum absolute atomic E-state index is 0.115. The highest BCUT2D eigenvalue weighted by Crippen LogP contribution is 2.19. The van der Waals surface area contributed by atoms with Gasteiger partial charge in [-0.1, -0.05) is 26.7 Å². The van der Waals surface area contributed by atoms with Crippen LogP contribution >= 0.6 is 0 Å². The third kappa shape index (κ3) is 3.97. The Morgan fingerprint density at radius 3 is 2.71 bits per heavy atom. The summed E-state index contributed by atoms with van der Waals surface area (Å²) in [7, 11) is 1.78. The average molecular weight is 240 g/mol. The monoisotopic (exact) mass is 240 g/mol. The van der Waals surface area contributed by atoms with Gasteiger partial charge in [0.15, 0.2) is 5.82 Å². The van der Waals surface area contributed by atoms with Crippen molar-refractivity contribution >= 4 is 0 Å². The quantitative estimate of drug-likeness (QED) is 0.795. The van der Waals surface area contributed by atoms with Gasteiger partial charge in [0, 0.05) is 18.3 Å². The van der Waals surface area contributed by atoms with Crippen molar-refractivity contribution in [3.63, 3.8) is 0 Å². The summed E-state index contributed by atoms with van der Waals surface area (Å²) in [6.45, 7) is 5.23. The van der Waals surface area contributed by atoms with Gasteiger partial charge in [-0.2, -0.15) is 0 Å². The van der Waals surface area contributed by atoms with Gasteiger partial charge >= 0.3 is 0 Å². The van der Waals surface area contributed by atoms with E-state index < -0.39 is 0 Å². The molecule has 17 heavy (non-hydrogen) atoms. The van der Waals surface area contributed by atoms with E-state index in [1.807, 2.05) is 0 Å². The lowest BCUT2D eigenvalue weighted by molar-refractivity contribution is 0.222. The molecule has 1 rings (SSSR count). The normalized spacial score (nSPS) is 10.9. The Morgan fingerprint density at radius 2 is 2.12 bits per heavy atom. The van der Waals surface area contributed by atoms with Crippen molar-refractivity contribution in [2.75, 3.05) is 13.7 Å². The first-order valence-electron chi connectivity index (χ1n) is 6.13. The Balaban J connectivity index is 2.67. The maximum atomic E-state index is 13.9. The summed E-state index contributed by atoms with van der Waals surface area (Å²) in [5.74, 6) is 0.224. The Labute approximate surface area is 102 Å². The summed E-state index contributed by atoms with van der Waals surface area (Å²) >= 11 is 0. The fraction of sp³-hybridized carbons (Fsp3) is 0.615. The van der Waals surface area contributed by atoms with Crippen LogP contribution in [0.25, 0.3) is 0 Å². The van der Waals surface area contributed by atoms with E-state index in [1.165, 1.54) is 0 Å². The molecule has 0 fully saturated rings. The SMILES string of the molecule is CCC(CC)COc1nccc(CNC)c1F. The number of hydrogen-bond donors (Lipinski definition) is 1. The van der Waals surface area contributed by atoms with Gasteiger partial charge in [-0.15, -0.1) is 0 Å². The van der Waals surface area contributed by atoms with Gasteiger partial charge < -0.3 is 10.1 Å². The summed E-state index contributed by atoms with van der Waals surface area (Å²) in [5, 5.41) is 2.92. The maximum Gasteiger partial charge on any atom is 0.250 e. The van der Waals surface area contributed by atoms with Gasteiger partial charge in [-0.25, -0.2) is 9.37 Å². The number of nitrogens with one attached hydrogen (secondary N) is 1. The number of ether oxygens (including phenoxy) is 1. The summed E-state index contributed by atoms with van der Waals surface area (Å²) < 4.78 is 19.3. The molecule has 0 unspecified atom stereocenters. The van der Waals surface area contributed by atoms with Crippen LogP contribution in [0.1, 0.15) is 32.3 Å². The fourth-order valence-corrected chi connectivity index (χ4v) is 1.61. The summed E-state index contributed by atoms with van der Waals surface area (Å²) in [5.41, 5.74) is 0.585. The molecular weight excluding hydrogens is 219 g/mol. The molecule has 1 heterocycles. The lowest BCUT2D eigenvalue weighted by Crippen LogP contribution is -2.13. The van der Waals surface area contributed by atoms with Crippen molar-refractivity contribution in [1.29, 1.82) is 0 Å². The molecule has 0 saturated carbocycles. The topological polar surface area (TPSA) is 34.1 Å². The van der Waals surface area contributed by atoms with Crippen LogP contribution in [0.4, 0.5) is 4.39 Å². The molecule has 0 amide bonds. The molecule has 0 atom stereocenters. The highest BCUT2D eigenvalue weighted by molar-refractivity contribution is 5.23. The highest BCUT2D eigenvalue weighted by Gasteiger charge is 2.12. The maximum absolute atomic E-state index is 13.9. The number of rotatable bonds is 7. The molecule has 0 radical (unpaired) electrons. The number of aromatic nitrogens is 1. The minimum Gasteiger partial charge on any atom is -0.475 e. The highest BCUT2D eigenvalue weighted by atomic mass is 19.1. The fourth-order valence-electron chi connectivity index (χ4n) is 1.61. The Kier molecular flexibility index (Phi) is 5.91. The van der Waals surface area contributed by atoms with E-state index in [-0.39, 0.29) is 11.7 Å². The van der Waals surface area contributed by atoms with Crippen molar-refractivity contribution in [1.82, 2.24) is 10.3 Å². The van der Waals surface area contributed by atoms with Gasteiger partial charge in [-0.3, -0.25) is 0 Å². The third-order valence-electron chi connectivity index (χ3n) is 2.91. The average Bonchev–Trinajstić information content (AvgIpc) is 2.35. The Bertz CT molecular complexity index is 340. The summed E-state index contributed by atoms with van der Waals surface area (Å²) in [6, 6.07) is 1.66. The summed E-state index contributed by atoms with van der Waals surface area (Å²) in [6.07, 6.45) is 3.65. The Morgan fingerprint density at radius 1 is 1.41 bits per heavy atom. The second-order valence-corrected chi connectivity index (χ2v) is 4.11. The molecule has 0 aliphatic heterocycles. The molecule has 0 bridgehead atoms. The molecule has 1 aromatic rings. The molecule has 0 aliphatic carbocycles. The van der Waals surface area contributed by atoms with Crippen molar-refractivity contribution in [2.24, 2.45) is 5.92 Å². The summed E-state index contributed by atoms with van der Waals surface area (Å²) in [4.78, 5) is 3.94. The minimum atomic E-state index is -0.354. The van der Waals surface area contributed by atoms with E-state index >= 15 is 0 Å². The van der Waals surface area contributed by atoms with Crippen LogP contribution in [0.3, 0.4) is 0 Å². The predicted molar refractivity (Wildman–Crippen MR) is 66.5 cm³/mol. The standard InChI is InChI=1S/C13H21FN2O/c1-4-10(5-2)9-17-13-12(14)11(8-15-3)6-7-16-13/h6-7,10,15H,4-5,8-9H2,1-3H3. The van der Waals surface area contributed by atoms with Crippen LogP contribution in [-0.2, 0) is 6.54 Å². The second kappa shape index (κ2) is 7.22. The zero-order valence-corrected chi connectivity index (χ0v) is 10.8. The first kappa shape index (κ1) is 13.9. The van der Waals surface area contributed by atoms with E-state index in [0.29, 0.717) is 24.6 Å². The zero-order valence-electron chi connectivity index (χ0n) is 10.8. The molecule has 0 saturated heterocycles. The zero-order chi connectivity index (χ0) is 12.7. The van der Waals surface area contributed by atoms with Crippen LogP contribution in [0.15, 0.2) is 12.3 Å². The predicted octanol–water partition coefficient (Wildman–Crippen LogP) is 2.76. The van der Waals surface area contributed by atoms with Crippen molar-refractivity contribution < 1.29 is 9.13 Å². The smallest absolute Gasteiger partial charge is 0.250 e. The molecule has 0 spiro atoms. The molecule has 3 nitrogen and oxygen atoms in total. The number of hydrogen-bond acceptors (Lipinski definition) is 3. The molecule has 96 valence electrons. The molecule has 1 N–H and O–H groups in total. The number of nitrogens with zero attached hydrogens (tertiary/aromatic N) is 1. The van der Waals surface area contributed by atoms with Crippen molar-refractivity contribution in [2.45, 2.75) is 33.2 Å². The van der Waals surface area contributed by atoms with Crippen molar-refractivity contribution in [3.05, 3.63) is 23.6 Å². The van der Waals surface area contributed by atoms with Crippen LogP contribution in [0.2, 0.25) is 0 Å². The number of halogens is 1. The molecule has 1 aromatic heterocycles. The molecule has 0 aliphatic rings. The molecular formula is C13H21FN2O. The van der Waals surface area contributed by atoms with Crippen LogP contribution < -0.4 is 10.1 Å². The van der Waals surface area contributed by atoms with Crippen molar-refractivity contribution in [3.8, 4) is 5.88 Å². The number of pyridine rings is 1. The van der Waals surface area contributed by atoms with Crippen LogP contribution in [-0.4, -0.2) is 18.6 Å². The first-order chi connectivity index (χ1) is 8.22. The van der Waals surface area contributed by atoms with E-state index in [9.17, 15) is 4.39 Å². The van der Waals surface area contributed by atoms with Gasteiger partial charge in [0.05, 0.1) is 6.61 Å². The van der Waals surface area contributed by atoms with E-state index in [1.54, 1.807) is 19.3 Å². The first-order valence-corrected chi connectivity index (χ1v) is 6.13. The van der Waals surface area contributed by atoms with E-state index in [2.05, 4.69) is 24.1 Å². The third-order valence-corrected chi connectivity index (χ3v) is 2.91. The van der Waals surface area contributed by atoms with Gasteiger partial charge in [0.25, 0.3) is 5.88 Å². The largest absolute Gasteiger partial charge is 0.475 e. The van der Waals surface area contributed by atoms with Crippen LogP contribution in [0, 0.1) is 11.7 Å². The second-order valence-electron chi connectivity index (χ2n) is 4.11. The van der Waals surface area contributed by atoms with Crippen LogP contribution in [0.5, 0.6) is 5.88 Å². The van der Waals surface area contributed by atoms with Gasteiger partial charge in [0.2, 0.25) is 0 Å². The molecule has 4 heteroatoms. The van der Waals surface area contributed by atoms with Gasteiger partial charge in [-0.05, 0) is 19.0 Å². The van der Waals surface area contributed by atoms with E-state index in [0.717, 1.165) is 12.8 Å². The van der Waals surface area contributed by atoms with E-state index in [4.69, 9.17) is 4.74 Å².